The number of aliphatic hydroxyl groups is 2. The lowest BCUT2D eigenvalue weighted by Crippen LogP contribution is -2.63. The highest BCUT2D eigenvalue weighted by Crippen LogP contribution is 2.63. The highest BCUT2D eigenvalue weighted by atomic mass is 16.7. The Kier molecular flexibility index (Phi) is 13.4. The molecule has 6 unspecified atom stereocenters. The summed E-state index contributed by atoms with van der Waals surface area (Å²) in [4.78, 5) is 32.6. The van der Waals surface area contributed by atoms with Crippen LogP contribution in [0, 0.1) is 17.8 Å². The second-order valence-electron chi connectivity index (χ2n) is 14.8. The lowest BCUT2D eigenvalue weighted by Gasteiger charge is -2.58. The number of aliphatic hydroxyl groups excluding tert-OH is 2. The summed E-state index contributed by atoms with van der Waals surface area (Å²) in [5.74, 6) is -2.85. The van der Waals surface area contributed by atoms with Crippen molar-refractivity contribution >= 4 is 17.7 Å². The second-order valence-corrected chi connectivity index (χ2v) is 14.8. The molecule has 0 radical (unpaired) electrons. The van der Waals surface area contributed by atoms with Crippen molar-refractivity contribution in [3.8, 4) is 11.5 Å². The number of ether oxygens (including phenoxy) is 5. The molecule has 14 heteroatoms. The Labute approximate surface area is 316 Å². The minimum atomic E-state index is -1.56. The minimum absolute atomic E-state index is 0.0120. The largest absolute Gasteiger partial charge is 0.490 e. The molecular weight excluding hydrogens is 696 g/mol. The summed E-state index contributed by atoms with van der Waals surface area (Å²) < 4.78 is 31.6. The van der Waals surface area contributed by atoms with Gasteiger partial charge in [0.1, 0.15) is 29.7 Å². The standard InChI is InChI=1S/C40H54N4O10/c1-8-20-51-26-16-17-31-29(23-26)33-27(15-11-13-19-46)25(14-10-12-18-45)22-28-30(42-54-39(3,4)5)24-32(40(53-31,34(28)33)52-21-9-2)44-36(38(48)50-7)35(41-43-44)37(47)49-6/h8-9,16-17,22-23,25,27,32-34,45-46H,1-2,10-15,18-21,24H2,3-7H3. The Morgan fingerprint density at radius 1 is 1.04 bits per heavy atom. The van der Waals surface area contributed by atoms with Gasteiger partial charge in [-0.05, 0) is 82.1 Å². The third-order valence-electron chi connectivity index (χ3n) is 10.2. The number of rotatable bonds is 18. The monoisotopic (exact) mass is 750 g/mol. The van der Waals surface area contributed by atoms with E-state index in [-0.39, 0.29) is 55.4 Å². The van der Waals surface area contributed by atoms with Crippen molar-refractivity contribution < 1.29 is 48.3 Å². The fourth-order valence-corrected chi connectivity index (χ4v) is 8.05. The number of hydrogen-bond donors (Lipinski definition) is 2. The molecule has 1 saturated carbocycles. The maximum Gasteiger partial charge on any atom is 0.361 e. The van der Waals surface area contributed by atoms with Crippen molar-refractivity contribution in [3.63, 3.8) is 0 Å². The number of fused-ring (bicyclic) bond motifs is 2. The molecule has 14 nitrogen and oxygen atoms in total. The molecule has 54 heavy (non-hydrogen) atoms. The van der Waals surface area contributed by atoms with Gasteiger partial charge in [0.05, 0.1) is 32.5 Å². The van der Waals surface area contributed by atoms with Crippen LogP contribution in [0.4, 0.5) is 0 Å². The van der Waals surface area contributed by atoms with E-state index in [1.54, 1.807) is 12.2 Å². The van der Waals surface area contributed by atoms with Crippen LogP contribution in [-0.2, 0) is 19.0 Å². The Hall–Kier alpha value is -4.53. The fraction of sp³-hybridized carbons (Fsp3) is 0.575. The van der Waals surface area contributed by atoms with Crippen LogP contribution in [0.2, 0.25) is 0 Å². The summed E-state index contributed by atoms with van der Waals surface area (Å²) in [7, 11) is 2.40. The van der Waals surface area contributed by atoms with Gasteiger partial charge in [0.25, 0.3) is 0 Å². The van der Waals surface area contributed by atoms with Gasteiger partial charge in [0.2, 0.25) is 11.5 Å². The number of esters is 2. The van der Waals surface area contributed by atoms with E-state index in [0.29, 0.717) is 36.7 Å². The summed E-state index contributed by atoms with van der Waals surface area (Å²) in [6.07, 6.45) is 10.1. The van der Waals surface area contributed by atoms with Crippen molar-refractivity contribution in [2.75, 3.05) is 40.6 Å². The van der Waals surface area contributed by atoms with Crippen molar-refractivity contribution in [1.82, 2.24) is 15.0 Å². The molecular formula is C40H54N4O10. The molecule has 0 spiro atoms. The summed E-state index contributed by atoms with van der Waals surface area (Å²) >= 11 is 0. The first-order chi connectivity index (χ1) is 26.0. The summed E-state index contributed by atoms with van der Waals surface area (Å²) in [6, 6.07) is 4.75. The van der Waals surface area contributed by atoms with Crippen LogP contribution in [0.1, 0.15) is 104 Å². The van der Waals surface area contributed by atoms with Crippen LogP contribution in [0.15, 0.2) is 60.3 Å². The lowest BCUT2D eigenvalue weighted by molar-refractivity contribution is -0.252. The molecule has 1 aromatic carbocycles. The fourth-order valence-electron chi connectivity index (χ4n) is 8.05. The summed E-state index contributed by atoms with van der Waals surface area (Å²) in [5, 5.41) is 32.9. The van der Waals surface area contributed by atoms with Crippen molar-refractivity contribution in [2.45, 2.75) is 89.1 Å². The van der Waals surface area contributed by atoms with Gasteiger partial charge >= 0.3 is 11.9 Å². The normalized spacial score (nSPS) is 25.1. The Balaban J connectivity index is 1.86. The van der Waals surface area contributed by atoms with E-state index in [0.717, 1.165) is 36.8 Å². The molecule has 0 amide bonds. The molecule has 294 valence electrons. The maximum atomic E-state index is 13.5. The van der Waals surface area contributed by atoms with Gasteiger partial charge in [0, 0.05) is 31.1 Å². The molecule has 5 rings (SSSR count). The van der Waals surface area contributed by atoms with Crippen LogP contribution < -0.4 is 9.47 Å². The smallest absolute Gasteiger partial charge is 0.361 e. The van der Waals surface area contributed by atoms with E-state index in [4.69, 9.17) is 33.7 Å². The average molecular weight is 751 g/mol. The van der Waals surface area contributed by atoms with E-state index in [1.165, 1.54) is 18.9 Å². The number of nitrogens with zero attached hydrogens (tertiary/aromatic N) is 4. The van der Waals surface area contributed by atoms with Gasteiger partial charge in [-0.2, -0.15) is 0 Å². The molecule has 2 heterocycles. The average Bonchev–Trinajstić information content (AvgIpc) is 3.60. The van der Waals surface area contributed by atoms with Crippen molar-refractivity contribution in [1.29, 1.82) is 0 Å². The number of hydrogen-bond acceptors (Lipinski definition) is 13. The first-order valence-electron chi connectivity index (χ1n) is 18.6. The molecule has 0 saturated heterocycles. The quantitative estimate of drug-likeness (QED) is 0.0823. The van der Waals surface area contributed by atoms with Crippen LogP contribution in [0.3, 0.4) is 0 Å². The zero-order valence-electron chi connectivity index (χ0n) is 32.0. The Morgan fingerprint density at radius 2 is 1.74 bits per heavy atom. The third-order valence-corrected chi connectivity index (χ3v) is 10.2. The van der Waals surface area contributed by atoms with Gasteiger partial charge in [-0.1, -0.05) is 48.0 Å². The molecule has 0 bridgehead atoms. The SMILES string of the molecule is C=CCOc1ccc2c(c1)C1C(CCCCO)C(CCCCO)C=C3C(=NOC(C)(C)C)CC(n4nnc(C(=O)OC)c4C(=O)OC)C(OCC=C)(O2)C31. The van der Waals surface area contributed by atoms with Gasteiger partial charge in [-0.3, -0.25) is 0 Å². The number of unbranched alkanes of at least 4 members (excludes halogenated alkanes) is 2. The molecule has 1 aromatic heterocycles. The first-order valence-corrected chi connectivity index (χ1v) is 18.6. The number of methoxy groups -OCH3 is 2. The highest BCUT2D eigenvalue weighted by Gasteiger charge is 2.65. The first kappa shape index (κ1) is 40.7. The van der Waals surface area contributed by atoms with Crippen molar-refractivity contribution in [2.24, 2.45) is 22.9 Å². The zero-order valence-corrected chi connectivity index (χ0v) is 32.0. The zero-order chi connectivity index (χ0) is 39.0. The van der Waals surface area contributed by atoms with Crippen LogP contribution >= 0.6 is 0 Å². The van der Waals surface area contributed by atoms with E-state index in [2.05, 4.69) is 29.5 Å². The lowest BCUT2D eigenvalue weighted by atomic mass is 9.55. The van der Waals surface area contributed by atoms with Gasteiger partial charge in [0.15, 0.2) is 5.69 Å². The predicted octanol–water partition coefficient (Wildman–Crippen LogP) is 5.72. The Bertz CT molecular complexity index is 1730. The topological polar surface area (TPSA) is 173 Å². The number of oxime groups is 1. The third kappa shape index (κ3) is 8.25. The summed E-state index contributed by atoms with van der Waals surface area (Å²) in [5.41, 5.74) is 1.18. The molecule has 1 aliphatic heterocycles. The van der Waals surface area contributed by atoms with E-state index >= 15 is 0 Å². The second kappa shape index (κ2) is 17.7. The Morgan fingerprint density at radius 3 is 2.39 bits per heavy atom. The number of carbonyl (C=O) groups is 2. The number of allylic oxidation sites excluding steroid dienone is 1. The number of aromatic nitrogens is 3. The molecule has 2 aliphatic carbocycles. The summed E-state index contributed by atoms with van der Waals surface area (Å²) in [6.45, 7) is 14.0. The van der Waals surface area contributed by atoms with E-state index < -0.39 is 35.3 Å². The van der Waals surface area contributed by atoms with Gasteiger partial charge in [-0.25, -0.2) is 14.3 Å². The molecule has 6 atom stereocenters. The number of carbonyl (C=O) groups excluding carboxylic acids is 2. The van der Waals surface area contributed by atoms with E-state index in [9.17, 15) is 19.8 Å². The van der Waals surface area contributed by atoms with Crippen LogP contribution in [-0.4, -0.2) is 94.9 Å². The van der Waals surface area contributed by atoms with Gasteiger partial charge < -0.3 is 38.7 Å². The minimum Gasteiger partial charge on any atom is -0.490 e. The van der Waals surface area contributed by atoms with Gasteiger partial charge in [-0.15, -0.1) is 11.7 Å². The molecule has 2 N–H and O–H groups in total. The maximum absolute atomic E-state index is 13.5. The molecule has 1 fully saturated rings. The number of benzene rings is 1. The molecule has 3 aliphatic rings. The van der Waals surface area contributed by atoms with Crippen molar-refractivity contribution in [3.05, 3.63) is 72.1 Å². The predicted molar refractivity (Wildman–Crippen MR) is 199 cm³/mol. The van der Waals surface area contributed by atoms with Crippen LogP contribution in [0.25, 0.3) is 0 Å². The van der Waals surface area contributed by atoms with E-state index in [1.807, 2.05) is 39.0 Å². The highest BCUT2D eigenvalue weighted by molar-refractivity contribution is 6.03. The van der Waals surface area contributed by atoms with Crippen LogP contribution in [0.5, 0.6) is 11.5 Å². The molecule has 2 aromatic rings.